The molecule has 0 amide bonds. The number of aromatic amines is 1. The molecule has 2 N–H and O–H groups in total. The van der Waals surface area contributed by atoms with Crippen LogP contribution in [0.25, 0.3) is 11.2 Å². The van der Waals surface area contributed by atoms with Crippen molar-refractivity contribution >= 4 is 17.1 Å². The Bertz CT molecular complexity index is 772. The Kier molecular flexibility index (Phi) is 6.63. The summed E-state index contributed by atoms with van der Waals surface area (Å²) in [5.41, 5.74) is 0.102. The van der Waals surface area contributed by atoms with Crippen LogP contribution in [0.5, 0.6) is 0 Å². The van der Waals surface area contributed by atoms with E-state index in [9.17, 15) is 9.59 Å². The largest absolute Gasteiger partial charge is 0.356 e. The fourth-order valence-corrected chi connectivity index (χ4v) is 2.97. The van der Waals surface area contributed by atoms with E-state index >= 15 is 0 Å². The van der Waals surface area contributed by atoms with Crippen LogP contribution < -0.4 is 16.6 Å². The number of aryl methyl sites for hydroxylation is 2. The molecular formula is C17H29N5O2. The summed E-state index contributed by atoms with van der Waals surface area (Å²) in [6, 6.07) is 0. The van der Waals surface area contributed by atoms with Crippen molar-refractivity contribution in [2.75, 3.05) is 11.9 Å². The van der Waals surface area contributed by atoms with Crippen LogP contribution in [0.1, 0.15) is 58.8 Å². The van der Waals surface area contributed by atoms with Crippen molar-refractivity contribution in [1.29, 1.82) is 0 Å². The van der Waals surface area contributed by atoms with Crippen molar-refractivity contribution in [2.45, 2.75) is 65.3 Å². The molecule has 0 saturated carbocycles. The van der Waals surface area contributed by atoms with Gasteiger partial charge in [0.05, 0.1) is 0 Å². The van der Waals surface area contributed by atoms with Gasteiger partial charge in [-0.1, -0.05) is 45.4 Å². The molecule has 0 atom stereocenters. The van der Waals surface area contributed by atoms with Gasteiger partial charge in [0.15, 0.2) is 11.2 Å². The van der Waals surface area contributed by atoms with Crippen molar-refractivity contribution in [2.24, 2.45) is 7.05 Å². The second kappa shape index (κ2) is 8.70. The van der Waals surface area contributed by atoms with E-state index in [1.165, 1.54) is 36.7 Å². The highest BCUT2D eigenvalue weighted by molar-refractivity contribution is 5.74. The number of hydrogen-bond acceptors (Lipinski definition) is 4. The SMILES string of the molecule is CCCCCCCCCn1c(NCC)nc2c1c(=O)[nH]c(=O)n2C. The van der Waals surface area contributed by atoms with Gasteiger partial charge in [-0.05, 0) is 13.3 Å². The number of anilines is 1. The number of hydrogen-bond donors (Lipinski definition) is 2. The molecule has 0 saturated heterocycles. The van der Waals surface area contributed by atoms with E-state index in [-0.39, 0.29) is 5.56 Å². The number of imidazole rings is 1. The number of nitrogens with one attached hydrogen (secondary N) is 2. The molecule has 0 spiro atoms. The molecule has 0 aliphatic carbocycles. The lowest BCUT2D eigenvalue weighted by Gasteiger charge is -2.09. The molecule has 0 unspecified atom stereocenters. The van der Waals surface area contributed by atoms with Crippen molar-refractivity contribution in [3.05, 3.63) is 20.8 Å². The summed E-state index contributed by atoms with van der Waals surface area (Å²) in [5, 5.41) is 3.19. The van der Waals surface area contributed by atoms with Gasteiger partial charge in [-0.2, -0.15) is 4.98 Å². The van der Waals surface area contributed by atoms with E-state index < -0.39 is 5.69 Å². The van der Waals surface area contributed by atoms with E-state index in [0.717, 1.165) is 19.4 Å². The van der Waals surface area contributed by atoms with Gasteiger partial charge in [0.1, 0.15) is 0 Å². The molecule has 2 aromatic rings. The molecule has 7 heteroatoms. The molecule has 0 fully saturated rings. The summed E-state index contributed by atoms with van der Waals surface area (Å²) in [7, 11) is 1.63. The Morgan fingerprint density at radius 2 is 1.71 bits per heavy atom. The summed E-state index contributed by atoms with van der Waals surface area (Å²) < 4.78 is 3.29. The third-order valence-corrected chi connectivity index (χ3v) is 4.33. The summed E-state index contributed by atoms with van der Waals surface area (Å²) in [6.45, 7) is 5.65. The molecular weight excluding hydrogens is 306 g/mol. The van der Waals surface area contributed by atoms with Crippen LogP contribution in [0, 0.1) is 0 Å². The minimum Gasteiger partial charge on any atom is -0.356 e. The minimum atomic E-state index is -0.434. The van der Waals surface area contributed by atoms with Gasteiger partial charge in [-0.3, -0.25) is 14.3 Å². The molecule has 134 valence electrons. The Labute approximate surface area is 142 Å². The van der Waals surface area contributed by atoms with Crippen LogP contribution >= 0.6 is 0 Å². The van der Waals surface area contributed by atoms with Gasteiger partial charge < -0.3 is 9.88 Å². The number of nitrogens with zero attached hydrogens (tertiary/aromatic N) is 3. The highest BCUT2D eigenvalue weighted by Crippen LogP contribution is 2.17. The van der Waals surface area contributed by atoms with E-state index in [4.69, 9.17) is 0 Å². The molecule has 0 bridgehead atoms. The van der Waals surface area contributed by atoms with E-state index in [0.29, 0.717) is 23.7 Å². The molecule has 2 aromatic heterocycles. The maximum absolute atomic E-state index is 12.2. The normalized spacial score (nSPS) is 11.3. The van der Waals surface area contributed by atoms with Crippen LogP contribution in [-0.2, 0) is 13.6 Å². The molecule has 24 heavy (non-hydrogen) atoms. The van der Waals surface area contributed by atoms with Crippen molar-refractivity contribution in [1.82, 2.24) is 19.1 Å². The zero-order valence-electron chi connectivity index (χ0n) is 15.0. The smallest absolute Gasteiger partial charge is 0.329 e. The highest BCUT2D eigenvalue weighted by Gasteiger charge is 2.16. The van der Waals surface area contributed by atoms with Crippen LogP contribution in [-0.4, -0.2) is 25.6 Å². The first-order valence-electron chi connectivity index (χ1n) is 9.03. The molecule has 0 aliphatic rings. The molecule has 0 aliphatic heterocycles. The van der Waals surface area contributed by atoms with Gasteiger partial charge >= 0.3 is 5.69 Å². The van der Waals surface area contributed by atoms with E-state index in [2.05, 4.69) is 22.2 Å². The average molecular weight is 335 g/mol. The lowest BCUT2D eigenvalue weighted by molar-refractivity contribution is 0.556. The van der Waals surface area contributed by atoms with Crippen molar-refractivity contribution < 1.29 is 0 Å². The van der Waals surface area contributed by atoms with Gasteiger partial charge in [-0.25, -0.2) is 4.79 Å². The molecule has 2 rings (SSSR count). The van der Waals surface area contributed by atoms with Crippen LogP contribution in [0.15, 0.2) is 9.59 Å². The summed E-state index contributed by atoms with van der Waals surface area (Å²) >= 11 is 0. The second-order valence-corrected chi connectivity index (χ2v) is 6.23. The number of fused-ring (bicyclic) bond motifs is 1. The lowest BCUT2D eigenvalue weighted by atomic mass is 10.1. The Morgan fingerprint density at radius 1 is 1.04 bits per heavy atom. The predicted octanol–water partition coefficient (Wildman–Crippen LogP) is 2.61. The number of rotatable bonds is 10. The molecule has 7 nitrogen and oxygen atoms in total. The van der Waals surface area contributed by atoms with Crippen molar-refractivity contribution in [3.8, 4) is 0 Å². The Hall–Kier alpha value is -2.05. The zero-order chi connectivity index (χ0) is 17.5. The fraction of sp³-hybridized carbons (Fsp3) is 0.706. The van der Waals surface area contributed by atoms with Crippen LogP contribution in [0.4, 0.5) is 5.95 Å². The molecule has 0 radical (unpaired) electrons. The number of unbranched alkanes of at least 4 members (excludes halogenated alkanes) is 6. The van der Waals surface area contributed by atoms with Crippen LogP contribution in [0.2, 0.25) is 0 Å². The zero-order valence-corrected chi connectivity index (χ0v) is 15.0. The average Bonchev–Trinajstić information content (AvgIpc) is 2.91. The summed E-state index contributed by atoms with van der Waals surface area (Å²) in [6.07, 6.45) is 8.49. The maximum Gasteiger partial charge on any atom is 0.329 e. The highest BCUT2D eigenvalue weighted by atomic mass is 16.2. The minimum absolute atomic E-state index is 0.368. The Balaban J connectivity index is 2.15. The third-order valence-electron chi connectivity index (χ3n) is 4.33. The standard InChI is InChI=1S/C17H29N5O2/c1-4-6-7-8-9-10-11-12-22-13-14(19-16(22)18-5-2)21(3)17(24)20-15(13)23/h4-12H2,1-3H3,(H,18,19)(H,20,23,24). The predicted molar refractivity (Wildman–Crippen MR) is 97.8 cm³/mol. The fourth-order valence-electron chi connectivity index (χ4n) is 2.97. The first-order chi connectivity index (χ1) is 11.6. The number of H-pyrrole nitrogens is 1. The van der Waals surface area contributed by atoms with Crippen LogP contribution in [0.3, 0.4) is 0 Å². The maximum atomic E-state index is 12.2. The van der Waals surface area contributed by atoms with Gasteiger partial charge in [0, 0.05) is 20.1 Å². The monoisotopic (exact) mass is 335 g/mol. The topological polar surface area (TPSA) is 84.7 Å². The summed E-state index contributed by atoms with van der Waals surface area (Å²) in [5.74, 6) is 0.658. The quantitative estimate of drug-likeness (QED) is 0.654. The molecule has 0 aromatic carbocycles. The lowest BCUT2D eigenvalue weighted by Crippen LogP contribution is -2.29. The van der Waals surface area contributed by atoms with Gasteiger partial charge in [0.25, 0.3) is 5.56 Å². The first-order valence-corrected chi connectivity index (χ1v) is 9.03. The summed E-state index contributed by atoms with van der Waals surface area (Å²) in [4.78, 5) is 30.8. The first kappa shape index (κ1) is 18.3. The van der Waals surface area contributed by atoms with E-state index in [1.54, 1.807) is 7.05 Å². The van der Waals surface area contributed by atoms with E-state index in [1.807, 2.05) is 11.5 Å². The van der Waals surface area contributed by atoms with Gasteiger partial charge in [-0.15, -0.1) is 0 Å². The molecule has 2 heterocycles. The third kappa shape index (κ3) is 4.07. The Morgan fingerprint density at radius 3 is 2.38 bits per heavy atom. The van der Waals surface area contributed by atoms with Crippen molar-refractivity contribution in [3.63, 3.8) is 0 Å². The second-order valence-electron chi connectivity index (χ2n) is 6.23. The van der Waals surface area contributed by atoms with Gasteiger partial charge in [0.2, 0.25) is 5.95 Å². The number of aromatic nitrogens is 4.